The van der Waals surface area contributed by atoms with Crippen molar-refractivity contribution < 1.29 is 9.18 Å². The lowest BCUT2D eigenvalue weighted by Crippen LogP contribution is -2.33. The number of nitrogens with one attached hydrogen (secondary N) is 1. The molecule has 1 aliphatic carbocycles. The van der Waals surface area contributed by atoms with Gasteiger partial charge >= 0.3 is 0 Å². The monoisotopic (exact) mass is 311 g/mol. The summed E-state index contributed by atoms with van der Waals surface area (Å²) in [5.41, 5.74) is 5.04. The Kier molecular flexibility index (Phi) is 3.97. The van der Waals surface area contributed by atoms with Gasteiger partial charge in [-0.15, -0.1) is 0 Å². The summed E-state index contributed by atoms with van der Waals surface area (Å²) in [6.07, 6.45) is 2.07. The zero-order valence-electron chi connectivity index (χ0n) is 13.9. The molecule has 1 saturated carbocycles. The third-order valence-corrected chi connectivity index (χ3v) is 4.80. The highest BCUT2D eigenvalue weighted by atomic mass is 19.1. The van der Waals surface area contributed by atoms with Crippen LogP contribution in [-0.2, 0) is 5.41 Å². The summed E-state index contributed by atoms with van der Waals surface area (Å²) in [6, 6.07) is 10.7. The first-order chi connectivity index (χ1) is 10.9. The van der Waals surface area contributed by atoms with Gasteiger partial charge in [0.25, 0.3) is 5.91 Å². The van der Waals surface area contributed by atoms with Gasteiger partial charge in [-0.3, -0.25) is 4.79 Å². The average Bonchev–Trinajstić information content (AvgIpc) is 3.26. The summed E-state index contributed by atoms with van der Waals surface area (Å²) < 4.78 is 13.1. The summed E-state index contributed by atoms with van der Waals surface area (Å²) in [4.78, 5) is 12.6. The largest absolute Gasteiger partial charge is 0.351 e. The van der Waals surface area contributed by atoms with E-state index in [1.807, 2.05) is 45.0 Å². The van der Waals surface area contributed by atoms with E-state index in [1.54, 1.807) is 0 Å². The number of halogens is 1. The van der Waals surface area contributed by atoms with Crippen LogP contribution >= 0.6 is 0 Å². The highest BCUT2D eigenvalue weighted by Gasteiger charge is 2.44. The minimum atomic E-state index is -0.223. The molecule has 3 rings (SSSR count). The van der Waals surface area contributed by atoms with Crippen LogP contribution in [0.3, 0.4) is 0 Å². The van der Waals surface area contributed by atoms with Crippen molar-refractivity contribution >= 4 is 5.91 Å². The molecule has 0 unspecified atom stereocenters. The van der Waals surface area contributed by atoms with Crippen molar-refractivity contribution in [3.05, 3.63) is 70.0 Å². The Morgan fingerprint density at radius 2 is 1.65 bits per heavy atom. The third-order valence-electron chi connectivity index (χ3n) is 4.80. The molecule has 2 aromatic rings. The highest BCUT2D eigenvalue weighted by Crippen LogP contribution is 2.47. The smallest absolute Gasteiger partial charge is 0.251 e. The minimum absolute atomic E-state index is 0.0180. The second kappa shape index (κ2) is 5.80. The number of benzene rings is 2. The van der Waals surface area contributed by atoms with E-state index in [-0.39, 0.29) is 17.1 Å². The van der Waals surface area contributed by atoms with Gasteiger partial charge < -0.3 is 5.32 Å². The van der Waals surface area contributed by atoms with Gasteiger partial charge in [0.15, 0.2) is 0 Å². The Labute approximate surface area is 136 Å². The number of rotatable bonds is 4. The number of amides is 1. The van der Waals surface area contributed by atoms with Crippen molar-refractivity contribution in [3.63, 3.8) is 0 Å². The molecule has 1 aliphatic rings. The molecule has 0 aliphatic heterocycles. The van der Waals surface area contributed by atoms with Gasteiger partial charge in [-0.05, 0) is 62.4 Å². The molecule has 1 amide bonds. The Bertz CT molecular complexity index is 722. The second-order valence-electron chi connectivity index (χ2n) is 6.74. The van der Waals surface area contributed by atoms with Crippen molar-refractivity contribution in [2.75, 3.05) is 6.54 Å². The van der Waals surface area contributed by atoms with Gasteiger partial charge in [-0.25, -0.2) is 4.39 Å². The molecule has 0 bridgehead atoms. The van der Waals surface area contributed by atoms with Crippen molar-refractivity contribution in [2.24, 2.45) is 0 Å². The van der Waals surface area contributed by atoms with E-state index in [4.69, 9.17) is 0 Å². The number of hydrogen-bond donors (Lipinski definition) is 1. The number of aryl methyl sites for hydroxylation is 3. The highest BCUT2D eigenvalue weighted by molar-refractivity contribution is 5.97. The van der Waals surface area contributed by atoms with E-state index in [9.17, 15) is 9.18 Å². The molecule has 0 spiro atoms. The Morgan fingerprint density at radius 1 is 1.09 bits per heavy atom. The van der Waals surface area contributed by atoms with Gasteiger partial charge in [0.1, 0.15) is 5.82 Å². The van der Waals surface area contributed by atoms with Crippen LogP contribution in [0, 0.1) is 26.6 Å². The van der Waals surface area contributed by atoms with Crippen LogP contribution < -0.4 is 5.32 Å². The molecule has 0 aromatic heterocycles. The molecule has 1 fully saturated rings. The predicted octanol–water partition coefficient (Wildman–Crippen LogP) is 4.21. The van der Waals surface area contributed by atoms with E-state index >= 15 is 0 Å². The fourth-order valence-corrected chi connectivity index (χ4v) is 3.40. The molecule has 0 saturated heterocycles. The van der Waals surface area contributed by atoms with Crippen molar-refractivity contribution in [2.45, 2.75) is 39.0 Å². The van der Waals surface area contributed by atoms with E-state index in [2.05, 4.69) is 5.32 Å². The van der Waals surface area contributed by atoms with Gasteiger partial charge in [0.05, 0.1) is 0 Å². The summed E-state index contributed by atoms with van der Waals surface area (Å²) in [6.45, 7) is 6.59. The van der Waals surface area contributed by atoms with E-state index in [0.717, 1.165) is 35.1 Å². The normalized spacial score (nSPS) is 15.3. The molecule has 120 valence electrons. The van der Waals surface area contributed by atoms with Crippen LogP contribution in [0.5, 0.6) is 0 Å². The maximum atomic E-state index is 13.1. The maximum Gasteiger partial charge on any atom is 0.251 e. The fourth-order valence-electron chi connectivity index (χ4n) is 3.40. The zero-order valence-corrected chi connectivity index (χ0v) is 13.9. The number of hydrogen-bond acceptors (Lipinski definition) is 1. The lowest BCUT2D eigenvalue weighted by molar-refractivity contribution is 0.0948. The quantitative estimate of drug-likeness (QED) is 0.900. The van der Waals surface area contributed by atoms with Gasteiger partial charge in [-0.2, -0.15) is 0 Å². The topological polar surface area (TPSA) is 29.1 Å². The molecule has 1 N–H and O–H groups in total. The molecule has 2 aromatic carbocycles. The first kappa shape index (κ1) is 15.7. The first-order valence-corrected chi connectivity index (χ1v) is 8.03. The summed E-state index contributed by atoms with van der Waals surface area (Å²) >= 11 is 0. The fraction of sp³-hybridized carbons (Fsp3) is 0.350. The number of carbonyl (C=O) groups excluding carboxylic acids is 1. The van der Waals surface area contributed by atoms with Crippen LogP contribution in [0.1, 0.15) is 45.5 Å². The van der Waals surface area contributed by atoms with E-state index in [1.165, 1.54) is 17.7 Å². The third kappa shape index (κ3) is 3.14. The van der Waals surface area contributed by atoms with E-state index < -0.39 is 0 Å². The Hall–Kier alpha value is -2.16. The zero-order chi connectivity index (χ0) is 16.6. The maximum absolute atomic E-state index is 13.1. The molecule has 0 atom stereocenters. The molecule has 2 nitrogen and oxygen atoms in total. The van der Waals surface area contributed by atoms with Crippen molar-refractivity contribution in [1.82, 2.24) is 5.32 Å². The Morgan fingerprint density at radius 3 is 2.17 bits per heavy atom. The van der Waals surface area contributed by atoms with Crippen LogP contribution in [0.15, 0.2) is 36.4 Å². The van der Waals surface area contributed by atoms with Crippen LogP contribution in [0.25, 0.3) is 0 Å². The molecule has 0 heterocycles. The predicted molar refractivity (Wildman–Crippen MR) is 90.3 cm³/mol. The van der Waals surface area contributed by atoms with Crippen LogP contribution in [0.4, 0.5) is 4.39 Å². The molecule has 3 heteroatoms. The minimum Gasteiger partial charge on any atom is -0.351 e. The molecular formula is C20H22FNO. The molecule has 0 radical (unpaired) electrons. The van der Waals surface area contributed by atoms with Crippen LogP contribution in [0.2, 0.25) is 0 Å². The Balaban J connectivity index is 1.74. The summed E-state index contributed by atoms with van der Waals surface area (Å²) in [7, 11) is 0. The van der Waals surface area contributed by atoms with Gasteiger partial charge in [0.2, 0.25) is 0 Å². The SMILES string of the molecule is Cc1cc(C)c(C(=O)NCC2(c3ccc(F)cc3)CC2)c(C)c1. The summed E-state index contributed by atoms with van der Waals surface area (Å²) in [5.74, 6) is -0.243. The molecular weight excluding hydrogens is 289 g/mol. The lowest BCUT2D eigenvalue weighted by atomic mass is 9.95. The van der Waals surface area contributed by atoms with E-state index in [0.29, 0.717) is 6.54 Å². The van der Waals surface area contributed by atoms with Crippen molar-refractivity contribution in [1.29, 1.82) is 0 Å². The average molecular weight is 311 g/mol. The molecule has 23 heavy (non-hydrogen) atoms. The van der Waals surface area contributed by atoms with Gasteiger partial charge in [0, 0.05) is 17.5 Å². The second-order valence-corrected chi connectivity index (χ2v) is 6.74. The number of carbonyl (C=O) groups is 1. The van der Waals surface area contributed by atoms with Crippen molar-refractivity contribution in [3.8, 4) is 0 Å². The first-order valence-electron chi connectivity index (χ1n) is 8.03. The summed E-state index contributed by atoms with van der Waals surface area (Å²) in [5, 5.41) is 3.08. The van der Waals surface area contributed by atoms with Crippen LogP contribution in [-0.4, -0.2) is 12.5 Å². The lowest BCUT2D eigenvalue weighted by Gasteiger charge is -2.18. The standard InChI is InChI=1S/C20H22FNO/c1-13-10-14(2)18(15(3)11-13)19(23)22-12-20(8-9-20)16-4-6-17(21)7-5-16/h4-7,10-11H,8-9,12H2,1-3H3,(H,22,23). The van der Waals surface area contributed by atoms with Gasteiger partial charge in [-0.1, -0.05) is 29.8 Å².